The van der Waals surface area contributed by atoms with Crippen LogP contribution < -0.4 is 4.74 Å². The average molecular weight is 419 g/mol. The number of ether oxygens (including phenoxy) is 1. The number of aryl methyl sites for hydroxylation is 1. The maximum atomic E-state index is 13.8. The van der Waals surface area contributed by atoms with E-state index in [0.717, 1.165) is 12.0 Å². The molecule has 5 heteroatoms. The molecule has 0 radical (unpaired) electrons. The fourth-order valence-electron chi connectivity index (χ4n) is 3.31. The van der Waals surface area contributed by atoms with Gasteiger partial charge in [0.15, 0.2) is 11.6 Å². The lowest BCUT2D eigenvalue weighted by Gasteiger charge is -2.11. The summed E-state index contributed by atoms with van der Waals surface area (Å²) in [4.78, 5) is 8.66. The van der Waals surface area contributed by atoms with Gasteiger partial charge >= 0.3 is 0 Å². The highest BCUT2D eigenvalue weighted by Crippen LogP contribution is 2.19. The van der Waals surface area contributed by atoms with Crippen LogP contribution in [0, 0.1) is 0 Å². The summed E-state index contributed by atoms with van der Waals surface area (Å²) in [6.07, 6.45) is 10.7. The first-order valence-corrected chi connectivity index (χ1v) is 11.4. The zero-order chi connectivity index (χ0) is 21.6. The number of nitrogens with zero attached hydrogens (tertiary/aromatic N) is 2. The second kappa shape index (κ2) is 14.1. The number of alkyl halides is 2. The maximum absolute atomic E-state index is 13.8. The number of aromatic nitrogens is 2. The first-order chi connectivity index (χ1) is 14.6. The fraction of sp³-hybridized carbons (Fsp3) is 0.600. The molecule has 0 aliphatic carbocycles. The summed E-state index contributed by atoms with van der Waals surface area (Å²) in [5.74, 6) is 1.04. The van der Waals surface area contributed by atoms with Gasteiger partial charge < -0.3 is 4.74 Å². The molecule has 1 aromatic heterocycles. The van der Waals surface area contributed by atoms with Crippen molar-refractivity contribution in [1.29, 1.82) is 0 Å². The molecular weight excluding hydrogens is 382 g/mol. The third kappa shape index (κ3) is 9.19. The lowest BCUT2D eigenvalue weighted by molar-refractivity contribution is 0.169. The Bertz CT molecular complexity index is 691. The SMILES string of the molecule is CCCCCCCCc1ccc(-c2ncc(OCC(F)CCC(F)CC)cn2)cc1. The van der Waals surface area contributed by atoms with Gasteiger partial charge in [0.05, 0.1) is 18.6 Å². The van der Waals surface area contributed by atoms with Gasteiger partial charge in [-0.1, -0.05) is 70.2 Å². The third-order valence-corrected chi connectivity index (χ3v) is 5.33. The molecule has 0 spiro atoms. The zero-order valence-corrected chi connectivity index (χ0v) is 18.5. The molecule has 0 aliphatic heterocycles. The zero-order valence-electron chi connectivity index (χ0n) is 18.5. The second-order valence-electron chi connectivity index (χ2n) is 7.95. The Morgan fingerprint density at radius 2 is 1.47 bits per heavy atom. The Kier molecular flexibility index (Phi) is 11.3. The normalized spacial score (nSPS) is 13.2. The summed E-state index contributed by atoms with van der Waals surface area (Å²) >= 11 is 0. The van der Waals surface area contributed by atoms with Crippen LogP contribution in [0.4, 0.5) is 8.78 Å². The Balaban J connectivity index is 1.74. The van der Waals surface area contributed by atoms with Gasteiger partial charge in [0, 0.05) is 5.56 Å². The van der Waals surface area contributed by atoms with Gasteiger partial charge in [-0.25, -0.2) is 18.7 Å². The summed E-state index contributed by atoms with van der Waals surface area (Å²) in [6, 6.07) is 8.36. The summed E-state index contributed by atoms with van der Waals surface area (Å²) in [7, 11) is 0. The van der Waals surface area contributed by atoms with Crippen molar-refractivity contribution in [2.75, 3.05) is 6.61 Å². The predicted octanol–water partition coefficient (Wildman–Crippen LogP) is 7.29. The highest BCUT2D eigenvalue weighted by Gasteiger charge is 2.12. The molecule has 3 nitrogen and oxygen atoms in total. The summed E-state index contributed by atoms with van der Waals surface area (Å²) in [5, 5.41) is 0. The summed E-state index contributed by atoms with van der Waals surface area (Å²) in [6.45, 7) is 3.90. The second-order valence-corrected chi connectivity index (χ2v) is 7.95. The van der Waals surface area contributed by atoms with Crippen LogP contribution >= 0.6 is 0 Å². The highest BCUT2D eigenvalue weighted by molar-refractivity contribution is 5.55. The van der Waals surface area contributed by atoms with E-state index in [1.165, 1.54) is 44.1 Å². The Morgan fingerprint density at radius 3 is 2.13 bits per heavy atom. The average Bonchev–Trinajstić information content (AvgIpc) is 2.79. The molecule has 0 aliphatic rings. The van der Waals surface area contributed by atoms with Gasteiger partial charge in [-0.3, -0.25) is 0 Å². The maximum Gasteiger partial charge on any atom is 0.159 e. The summed E-state index contributed by atoms with van der Waals surface area (Å²) in [5.41, 5.74) is 2.28. The molecule has 1 heterocycles. The summed E-state index contributed by atoms with van der Waals surface area (Å²) < 4.78 is 32.4. The third-order valence-electron chi connectivity index (χ3n) is 5.33. The van der Waals surface area contributed by atoms with Crippen LogP contribution in [0.1, 0.15) is 77.2 Å². The van der Waals surface area contributed by atoms with Gasteiger partial charge in [0.2, 0.25) is 0 Å². The van der Waals surface area contributed by atoms with Crippen molar-refractivity contribution in [2.24, 2.45) is 0 Å². The van der Waals surface area contributed by atoms with Crippen molar-refractivity contribution in [3.63, 3.8) is 0 Å². The monoisotopic (exact) mass is 418 g/mol. The molecule has 2 atom stereocenters. The van der Waals surface area contributed by atoms with E-state index in [-0.39, 0.29) is 19.4 Å². The quantitative estimate of drug-likeness (QED) is 0.285. The van der Waals surface area contributed by atoms with E-state index in [0.29, 0.717) is 18.0 Å². The van der Waals surface area contributed by atoms with Crippen LogP contribution in [-0.4, -0.2) is 28.9 Å². The van der Waals surface area contributed by atoms with E-state index in [1.807, 2.05) is 12.1 Å². The predicted molar refractivity (Wildman–Crippen MR) is 119 cm³/mol. The lowest BCUT2D eigenvalue weighted by atomic mass is 10.0. The molecule has 2 unspecified atom stereocenters. The first-order valence-electron chi connectivity index (χ1n) is 11.4. The van der Waals surface area contributed by atoms with E-state index in [9.17, 15) is 8.78 Å². The topological polar surface area (TPSA) is 35.0 Å². The molecule has 0 fully saturated rings. The molecule has 166 valence electrons. The van der Waals surface area contributed by atoms with Crippen LogP contribution in [-0.2, 0) is 6.42 Å². The van der Waals surface area contributed by atoms with Crippen molar-refractivity contribution in [2.45, 2.75) is 90.4 Å². The van der Waals surface area contributed by atoms with E-state index in [4.69, 9.17) is 4.74 Å². The minimum Gasteiger partial charge on any atom is -0.487 e. The van der Waals surface area contributed by atoms with Gasteiger partial charge in [0.25, 0.3) is 0 Å². The molecule has 0 N–H and O–H groups in total. The van der Waals surface area contributed by atoms with Crippen molar-refractivity contribution >= 4 is 0 Å². The first kappa shape index (κ1) is 24.2. The number of hydrogen-bond acceptors (Lipinski definition) is 3. The van der Waals surface area contributed by atoms with Crippen molar-refractivity contribution < 1.29 is 13.5 Å². The van der Waals surface area contributed by atoms with Gasteiger partial charge in [-0.15, -0.1) is 0 Å². The Morgan fingerprint density at radius 1 is 0.833 bits per heavy atom. The number of benzene rings is 1. The van der Waals surface area contributed by atoms with Crippen molar-refractivity contribution in [1.82, 2.24) is 9.97 Å². The van der Waals surface area contributed by atoms with Crippen LogP contribution in [0.5, 0.6) is 5.75 Å². The highest BCUT2D eigenvalue weighted by atomic mass is 19.1. The molecule has 0 saturated carbocycles. The fourth-order valence-corrected chi connectivity index (χ4v) is 3.31. The smallest absolute Gasteiger partial charge is 0.159 e. The van der Waals surface area contributed by atoms with Crippen LogP contribution in [0.25, 0.3) is 11.4 Å². The van der Waals surface area contributed by atoms with Crippen molar-refractivity contribution in [3.05, 3.63) is 42.2 Å². The number of hydrogen-bond donors (Lipinski definition) is 0. The largest absolute Gasteiger partial charge is 0.487 e. The number of rotatable bonds is 15. The van der Waals surface area contributed by atoms with Crippen LogP contribution in [0.2, 0.25) is 0 Å². The molecule has 2 aromatic rings. The standard InChI is InChI=1S/C25H36F2N2O/c1-3-5-6-7-8-9-10-20-11-13-21(14-12-20)25-28-17-24(18-29-25)30-19-23(27)16-15-22(26)4-2/h11-14,17-18,22-23H,3-10,15-16,19H2,1-2H3. The van der Waals surface area contributed by atoms with E-state index in [2.05, 4.69) is 29.0 Å². The van der Waals surface area contributed by atoms with E-state index >= 15 is 0 Å². The lowest BCUT2D eigenvalue weighted by Crippen LogP contribution is -2.15. The molecule has 30 heavy (non-hydrogen) atoms. The number of halogens is 2. The number of unbranched alkanes of at least 4 members (excludes halogenated alkanes) is 5. The van der Waals surface area contributed by atoms with Gasteiger partial charge in [0.1, 0.15) is 12.8 Å². The van der Waals surface area contributed by atoms with Crippen LogP contribution in [0.3, 0.4) is 0 Å². The van der Waals surface area contributed by atoms with Crippen LogP contribution in [0.15, 0.2) is 36.7 Å². The molecule has 0 amide bonds. The van der Waals surface area contributed by atoms with E-state index < -0.39 is 12.3 Å². The van der Waals surface area contributed by atoms with Gasteiger partial charge in [-0.05, 0) is 37.7 Å². The molecule has 2 rings (SSSR count). The molecule has 0 saturated heterocycles. The molecule has 1 aromatic carbocycles. The van der Waals surface area contributed by atoms with E-state index in [1.54, 1.807) is 19.3 Å². The van der Waals surface area contributed by atoms with Gasteiger partial charge in [-0.2, -0.15) is 0 Å². The molecule has 0 bridgehead atoms. The van der Waals surface area contributed by atoms with Crippen molar-refractivity contribution in [3.8, 4) is 17.1 Å². The molecular formula is C25H36F2N2O. The Labute approximate surface area is 180 Å². The minimum atomic E-state index is -1.19. The minimum absolute atomic E-state index is 0.105. The Hall–Kier alpha value is -2.04.